The van der Waals surface area contributed by atoms with E-state index in [9.17, 15) is 4.79 Å². The van der Waals surface area contributed by atoms with Crippen LogP contribution in [0.5, 0.6) is 0 Å². The lowest BCUT2D eigenvalue weighted by Gasteiger charge is -2.44. The van der Waals surface area contributed by atoms with Crippen LogP contribution in [-0.2, 0) is 11.2 Å². The van der Waals surface area contributed by atoms with Crippen LogP contribution in [0.2, 0.25) is 0 Å². The van der Waals surface area contributed by atoms with Gasteiger partial charge in [-0.1, -0.05) is 64.1 Å². The van der Waals surface area contributed by atoms with Gasteiger partial charge in [0.25, 0.3) is 0 Å². The van der Waals surface area contributed by atoms with Crippen molar-refractivity contribution in [2.24, 2.45) is 11.3 Å². The molecule has 1 amide bonds. The lowest BCUT2D eigenvalue weighted by molar-refractivity contribution is -0.0348. The summed E-state index contributed by atoms with van der Waals surface area (Å²) in [6.07, 6.45) is 3.02. The third-order valence-corrected chi connectivity index (χ3v) is 8.23. The fourth-order valence-electron chi connectivity index (χ4n) is 6.18. The highest BCUT2D eigenvalue weighted by atomic mass is 16.6. The minimum atomic E-state index is -0.259. The molecule has 0 spiro atoms. The zero-order chi connectivity index (χ0) is 23.3. The molecule has 1 N–H and O–H groups in total. The molecule has 176 valence electrons. The Labute approximate surface area is 198 Å². The summed E-state index contributed by atoms with van der Waals surface area (Å²) in [5, 5.41) is 3.26. The predicted molar refractivity (Wildman–Crippen MR) is 133 cm³/mol. The second-order valence-corrected chi connectivity index (χ2v) is 11.5. The van der Waals surface area contributed by atoms with E-state index in [-0.39, 0.29) is 23.7 Å². The molecule has 0 saturated carbocycles. The van der Waals surface area contributed by atoms with Crippen LogP contribution < -0.4 is 5.32 Å². The molecular weight excluding hydrogens is 408 g/mol. The first-order valence-corrected chi connectivity index (χ1v) is 12.6. The van der Waals surface area contributed by atoms with E-state index >= 15 is 0 Å². The molecule has 0 unspecified atom stereocenters. The van der Waals surface area contributed by atoms with Crippen molar-refractivity contribution in [3.8, 4) is 11.1 Å². The van der Waals surface area contributed by atoms with Crippen LogP contribution in [0.15, 0.2) is 36.4 Å². The summed E-state index contributed by atoms with van der Waals surface area (Å²) < 4.78 is 5.96. The monoisotopic (exact) mass is 446 g/mol. The van der Waals surface area contributed by atoms with Crippen molar-refractivity contribution in [3.63, 3.8) is 0 Å². The van der Waals surface area contributed by atoms with Crippen molar-refractivity contribution in [1.29, 1.82) is 0 Å². The van der Waals surface area contributed by atoms with Crippen LogP contribution in [-0.4, -0.2) is 36.7 Å². The number of carbonyl (C=O) groups is 1. The Morgan fingerprint density at radius 1 is 1.12 bits per heavy atom. The Morgan fingerprint density at radius 2 is 1.82 bits per heavy atom. The number of fused-ring (bicyclic) bond motifs is 4. The number of rotatable bonds is 4. The highest BCUT2D eigenvalue weighted by Crippen LogP contribution is 2.47. The van der Waals surface area contributed by atoms with Crippen LogP contribution in [0.1, 0.15) is 74.8 Å². The minimum Gasteiger partial charge on any atom is -0.445 e. The van der Waals surface area contributed by atoms with Gasteiger partial charge in [-0.25, -0.2) is 4.79 Å². The van der Waals surface area contributed by atoms with Crippen LogP contribution in [0.25, 0.3) is 11.1 Å². The Kier molecular flexibility index (Phi) is 5.76. The van der Waals surface area contributed by atoms with Crippen LogP contribution in [0.3, 0.4) is 0 Å². The smallest absolute Gasteiger partial charge is 0.407 e. The fraction of sp³-hybridized carbons (Fsp3) is 0.552. The molecule has 3 aliphatic heterocycles. The molecule has 0 aromatic heterocycles. The Bertz CT molecular complexity index is 1030. The van der Waals surface area contributed by atoms with Gasteiger partial charge in [-0.3, -0.25) is 4.90 Å². The number of piperidine rings is 3. The zero-order valence-electron chi connectivity index (χ0n) is 20.8. The van der Waals surface area contributed by atoms with Gasteiger partial charge in [0.15, 0.2) is 0 Å². The standard InChI is InChI=1S/C29H38N2O2/c1-18(2)20-6-8-21(9-7-20)24-15-23-16-29(4,5)27(25(23)14-19(24)3)30-28(32)33-26-17-31-12-10-22(26)11-13-31/h6-9,14-15,18,22,26-27H,10-13,16-17H2,1-5H3,(H,30,32)/t26-,27+/m1/s1. The average Bonchev–Trinajstić information content (AvgIpc) is 3.03. The van der Waals surface area contributed by atoms with E-state index < -0.39 is 0 Å². The molecule has 3 heterocycles. The molecule has 1 aliphatic carbocycles. The number of alkyl carbamates (subject to hydrolysis) is 1. The number of nitrogens with one attached hydrogen (secondary N) is 1. The van der Waals surface area contributed by atoms with E-state index in [0.29, 0.717) is 11.8 Å². The summed E-state index contributed by atoms with van der Waals surface area (Å²) in [5.41, 5.74) is 7.69. The van der Waals surface area contributed by atoms with E-state index in [2.05, 4.69) is 81.2 Å². The maximum atomic E-state index is 12.9. The number of hydrogen-bond acceptors (Lipinski definition) is 3. The van der Waals surface area contributed by atoms with E-state index in [4.69, 9.17) is 4.74 Å². The normalized spacial score (nSPS) is 27.5. The lowest BCUT2D eigenvalue weighted by atomic mass is 9.85. The highest BCUT2D eigenvalue weighted by Gasteiger charge is 2.42. The van der Waals surface area contributed by atoms with Crippen molar-refractivity contribution >= 4 is 6.09 Å². The van der Waals surface area contributed by atoms with Gasteiger partial charge >= 0.3 is 6.09 Å². The van der Waals surface area contributed by atoms with E-state index in [1.54, 1.807) is 0 Å². The highest BCUT2D eigenvalue weighted by molar-refractivity contribution is 5.72. The van der Waals surface area contributed by atoms with Crippen molar-refractivity contribution in [2.75, 3.05) is 19.6 Å². The van der Waals surface area contributed by atoms with E-state index in [1.165, 1.54) is 33.4 Å². The summed E-state index contributed by atoms with van der Waals surface area (Å²) in [7, 11) is 0. The SMILES string of the molecule is Cc1cc2c(cc1-c1ccc(C(C)C)cc1)CC(C)(C)[C@H]2NC(=O)O[C@@H]1CN2CCC1CC2. The summed E-state index contributed by atoms with van der Waals surface area (Å²) in [6, 6.07) is 13.6. The minimum absolute atomic E-state index is 0.0304. The van der Waals surface area contributed by atoms with Crippen molar-refractivity contribution in [1.82, 2.24) is 10.2 Å². The van der Waals surface area contributed by atoms with E-state index in [1.807, 2.05) is 0 Å². The Balaban J connectivity index is 1.35. The number of carbonyl (C=O) groups excluding carboxylic acids is 1. The number of ether oxygens (including phenoxy) is 1. The van der Waals surface area contributed by atoms with Crippen molar-refractivity contribution < 1.29 is 9.53 Å². The maximum absolute atomic E-state index is 12.9. The zero-order valence-corrected chi connectivity index (χ0v) is 20.8. The fourth-order valence-corrected chi connectivity index (χ4v) is 6.18. The number of hydrogen-bond donors (Lipinski definition) is 1. The molecule has 4 aliphatic rings. The predicted octanol–water partition coefficient (Wildman–Crippen LogP) is 6.23. The molecule has 2 aromatic rings. The Hall–Kier alpha value is -2.33. The third kappa shape index (κ3) is 4.30. The number of nitrogens with zero attached hydrogens (tertiary/aromatic N) is 1. The second kappa shape index (κ2) is 8.47. The largest absolute Gasteiger partial charge is 0.445 e. The van der Waals surface area contributed by atoms with Gasteiger partial charge in [-0.2, -0.15) is 0 Å². The number of benzene rings is 2. The molecule has 6 rings (SSSR count). The first-order chi connectivity index (χ1) is 15.7. The first-order valence-electron chi connectivity index (χ1n) is 12.6. The summed E-state index contributed by atoms with van der Waals surface area (Å²) in [5.74, 6) is 1.06. The van der Waals surface area contributed by atoms with Crippen molar-refractivity contribution in [3.05, 3.63) is 58.7 Å². The van der Waals surface area contributed by atoms with Gasteiger partial charge in [-0.05, 0) is 89.9 Å². The molecule has 33 heavy (non-hydrogen) atoms. The van der Waals surface area contributed by atoms with Gasteiger partial charge in [-0.15, -0.1) is 0 Å². The maximum Gasteiger partial charge on any atom is 0.407 e. The van der Waals surface area contributed by atoms with E-state index in [0.717, 1.165) is 38.9 Å². The van der Waals surface area contributed by atoms with Crippen LogP contribution in [0, 0.1) is 18.3 Å². The molecule has 3 saturated heterocycles. The van der Waals surface area contributed by atoms with Gasteiger partial charge < -0.3 is 10.1 Å². The molecule has 3 fully saturated rings. The summed E-state index contributed by atoms with van der Waals surface area (Å²) in [6.45, 7) is 14.3. The Morgan fingerprint density at radius 3 is 2.42 bits per heavy atom. The quantitative estimate of drug-likeness (QED) is 0.605. The lowest BCUT2D eigenvalue weighted by Crippen LogP contribution is -2.53. The second-order valence-electron chi connectivity index (χ2n) is 11.5. The molecule has 0 radical (unpaired) electrons. The molecule has 4 nitrogen and oxygen atoms in total. The molecule has 2 aromatic carbocycles. The molecule has 4 heteroatoms. The number of amides is 1. The average molecular weight is 447 g/mol. The van der Waals surface area contributed by atoms with Crippen molar-refractivity contribution in [2.45, 2.75) is 71.9 Å². The van der Waals surface area contributed by atoms with Gasteiger partial charge in [0, 0.05) is 6.54 Å². The van der Waals surface area contributed by atoms with Gasteiger partial charge in [0.2, 0.25) is 0 Å². The summed E-state index contributed by atoms with van der Waals surface area (Å²) >= 11 is 0. The molecule has 2 atom stereocenters. The van der Waals surface area contributed by atoms with Gasteiger partial charge in [0.1, 0.15) is 6.10 Å². The molecule has 2 bridgehead atoms. The third-order valence-electron chi connectivity index (χ3n) is 8.23. The molecular formula is C29H38N2O2. The number of aryl methyl sites for hydroxylation is 1. The summed E-state index contributed by atoms with van der Waals surface area (Å²) in [4.78, 5) is 15.4. The topological polar surface area (TPSA) is 41.6 Å². The van der Waals surface area contributed by atoms with Gasteiger partial charge in [0.05, 0.1) is 6.04 Å². The first kappa shape index (κ1) is 22.5. The van der Waals surface area contributed by atoms with Crippen LogP contribution >= 0.6 is 0 Å². The van der Waals surface area contributed by atoms with Crippen LogP contribution in [0.4, 0.5) is 4.79 Å².